The maximum Gasteiger partial charge on any atom is 0.320 e. The van der Waals surface area contributed by atoms with Crippen molar-refractivity contribution < 1.29 is 14.6 Å². The highest BCUT2D eigenvalue weighted by Gasteiger charge is 2.09. The Hall–Kier alpha value is -1.81. The Morgan fingerprint density at radius 3 is 2.68 bits per heavy atom. The zero-order valence-corrected chi connectivity index (χ0v) is 11.6. The zero-order valence-electron chi connectivity index (χ0n) is 11.6. The number of allylic oxidation sites excluding steroid dienone is 1. The maximum absolute atomic E-state index is 10.6. The molecule has 0 bridgehead atoms. The first-order valence-electron chi connectivity index (χ1n) is 6.26. The van der Waals surface area contributed by atoms with Gasteiger partial charge >= 0.3 is 5.97 Å². The van der Waals surface area contributed by atoms with Gasteiger partial charge in [0.15, 0.2) is 0 Å². The maximum atomic E-state index is 10.6. The average Bonchev–Trinajstić information content (AvgIpc) is 2.37. The molecule has 19 heavy (non-hydrogen) atoms. The lowest BCUT2D eigenvalue weighted by Crippen LogP contribution is -2.29. The van der Waals surface area contributed by atoms with Gasteiger partial charge in [-0.2, -0.15) is 0 Å². The molecule has 0 saturated carbocycles. The molecule has 0 fully saturated rings. The highest BCUT2D eigenvalue weighted by atomic mass is 16.5. The number of methoxy groups -OCH3 is 1. The largest absolute Gasteiger partial charge is 0.496 e. The predicted molar refractivity (Wildman–Crippen MR) is 76.3 cm³/mol. The average molecular weight is 263 g/mol. The summed E-state index contributed by atoms with van der Waals surface area (Å²) in [6.07, 6.45) is 5.05. The third-order valence-corrected chi connectivity index (χ3v) is 3.04. The molecule has 0 aromatic heterocycles. The Balaban J connectivity index is 2.67. The minimum Gasteiger partial charge on any atom is -0.496 e. The Kier molecular flexibility index (Phi) is 5.57. The van der Waals surface area contributed by atoms with Crippen LogP contribution in [0.15, 0.2) is 18.2 Å². The van der Waals surface area contributed by atoms with Crippen LogP contribution in [0.25, 0.3) is 6.08 Å². The van der Waals surface area contributed by atoms with Crippen molar-refractivity contribution >= 4 is 12.0 Å². The van der Waals surface area contributed by atoms with Gasteiger partial charge < -0.3 is 15.6 Å². The highest BCUT2D eigenvalue weighted by Crippen LogP contribution is 2.23. The number of hydrogen-bond donors (Lipinski definition) is 2. The van der Waals surface area contributed by atoms with E-state index in [9.17, 15) is 4.79 Å². The van der Waals surface area contributed by atoms with Crippen LogP contribution >= 0.6 is 0 Å². The molecule has 4 heteroatoms. The SMILES string of the molecule is COc1cc(C)c(/C=C/CCC(N)C(=O)O)cc1C. The Morgan fingerprint density at radius 2 is 2.11 bits per heavy atom. The molecule has 1 rings (SSSR count). The van der Waals surface area contributed by atoms with Gasteiger partial charge in [0.05, 0.1) is 7.11 Å². The van der Waals surface area contributed by atoms with Gasteiger partial charge in [-0.05, 0) is 55.5 Å². The van der Waals surface area contributed by atoms with Gasteiger partial charge in [-0.1, -0.05) is 12.2 Å². The van der Waals surface area contributed by atoms with Crippen molar-refractivity contribution in [3.05, 3.63) is 34.9 Å². The van der Waals surface area contributed by atoms with E-state index >= 15 is 0 Å². The molecule has 1 aromatic rings. The van der Waals surface area contributed by atoms with E-state index in [-0.39, 0.29) is 0 Å². The first-order chi connectivity index (χ1) is 8.95. The van der Waals surface area contributed by atoms with Gasteiger partial charge in [-0.3, -0.25) is 4.79 Å². The van der Waals surface area contributed by atoms with Gasteiger partial charge in [-0.25, -0.2) is 0 Å². The molecule has 1 aromatic carbocycles. The summed E-state index contributed by atoms with van der Waals surface area (Å²) in [5.74, 6) is -0.0765. The fraction of sp³-hybridized carbons (Fsp3) is 0.400. The van der Waals surface area contributed by atoms with E-state index in [1.807, 2.05) is 32.1 Å². The number of aryl methyl sites for hydroxylation is 2. The standard InChI is InChI=1S/C15H21NO3/c1-10-9-14(19-3)11(2)8-12(10)6-4-5-7-13(16)15(17)18/h4,6,8-9,13H,5,7,16H2,1-3H3,(H,17,18)/b6-4+. The van der Waals surface area contributed by atoms with E-state index in [0.29, 0.717) is 12.8 Å². The first-order valence-corrected chi connectivity index (χ1v) is 6.26. The van der Waals surface area contributed by atoms with E-state index < -0.39 is 12.0 Å². The molecule has 104 valence electrons. The topological polar surface area (TPSA) is 72.5 Å². The lowest BCUT2D eigenvalue weighted by atomic mass is 10.0. The number of carboxylic acid groups (broad SMARTS) is 1. The summed E-state index contributed by atoms with van der Waals surface area (Å²) in [6, 6.07) is 3.27. The van der Waals surface area contributed by atoms with E-state index in [0.717, 1.165) is 22.4 Å². The number of rotatable bonds is 6. The summed E-state index contributed by atoms with van der Waals surface area (Å²) in [4.78, 5) is 10.6. The number of benzene rings is 1. The van der Waals surface area contributed by atoms with Crippen LogP contribution in [0.1, 0.15) is 29.5 Å². The molecule has 0 saturated heterocycles. The minimum absolute atomic E-state index is 0.444. The third-order valence-electron chi connectivity index (χ3n) is 3.04. The zero-order chi connectivity index (χ0) is 14.4. The molecule has 0 amide bonds. The number of nitrogens with two attached hydrogens (primary N) is 1. The van der Waals surface area contributed by atoms with Gasteiger partial charge in [0, 0.05) is 0 Å². The van der Waals surface area contributed by atoms with Crippen molar-refractivity contribution in [3.63, 3.8) is 0 Å². The molecule has 1 unspecified atom stereocenters. The van der Waals surface area contributed by atoms with Gasteiger partial charge in [0.1, 0.15) is 11.8 Å². The van der Waals surface area contributed by atoms with E-state index in [2.05, 4.69) is 6.07 Å². The van der Waals surface area contributed by atoms with E-state index in [4.69, 9.17) is 15.6 Å². The molecule has 0 spiro atoms. The third kappa shape index (κ3) is 4.41. The number of carboxylic acids is 1. The van der Waals surface area contributed by atoms with Crippen molar-refractivity contribution in [1.29, 1.82) is 0 Å². The molecule has 0 heterocycles. The second-order valence-electron chi connectivity index (χ2n) is 4.60. The summed E-state index contributed by atoms with van der Waals surface area (Å²) in [6.45, 7) is 4.01. The van der Waals surface area contributed by atoms with Crippen molar-refractivity contribution in [1.82, 2.24) is 0 Å². The second-order valence-corrected chi connectivity index (χ2v) is 4.60. The summed E-state index contributed by atoms with van der Waals surface area (Å²) >= 11 is 0. The Morgan fingerprint density at radius 1 is 1.42 bits per heavy atom. The van der Waals surface area contributed by atoms with Crippen molar-refractivity contribution in [2.45, 2.75) is 32.7 Å². The van der Waals surface area contributed by atoms with Crippen LogP contribution in [0.4, 0.5) is 0 Å². The summed E-state index contributed by atoms with van der Waals surface area (Å²) in [5.41, 5.74) is 8.76. The van der Waals surface area contributed by atoms with Crippen LogP contribution in [0.2, 0.25) is 0 Å². The van der Waals surface area contributed by atoms with Gasteiger partial charge in [0.25, 0.3) is 0 Å². The van der Waals surface area contributed by atoms with Crippen molar-refractivity contribution in [2.75, 3.05) is 7.11 Å². The molecule has 1 atom stereocenters. The van der Waals surface area contributed by atoms with Crippen LogP contribution in [0.3, 0.4) is 0 Å². The molecule has 4 nitrogen and oxygen atoms in total. The predicted octanol–water partition coefficient (Wildman–Crippen LogP) is 2.52. The molecule has 3 N–H and O–H groups in total. The lowest BCUT2D eigenvalue weighted by molar-refractivity contribution is -0.138. The van der Waals surface area contributed by atoms with Crippen LogP contribution in [-0.2, 0) is 4.79 Å². The summed E-state index contributed by atoms with van der Waals surface area (Å²) < 4.78 is 5.26. The van der Waals surface area contributed by atoms with Gasteiger partial charge in [-0.15, -0.1) is 0 Å². The van der Waals surface area contributed by atoms with Crippen LogP contribution in [-0.4, -0.2) is 24.2 Å². The number of aliphatic carboxylic acids is 1. The fourth-order valence-corrected chi connectivity index (χ4v) is 1.82. The summed E-state index contributed by atoms with van der Waals surface area (Å²) in [5, 5.41) is 8.67. The normalized spacial score (nSPS) is 12.6. The monoisotopic (exact) mass is 263 g/mol. The lowest BCUT2D eigenvalue weighted by Gasteiger charge is -2.08. The first kappa shape index (κ1) is 15.2. The van der Waals surface area contributed by atoms with Crippen LogP contribution in [0, 0.1) is 13.8 Å². The Labute approximate surface area is 113 Å². The molecule has 0 radical (unpaired) electrons. The number of carbonyl (C=O) groups is 1. The quantitative estimate of drug-likeness (QED) is 0.827. The van der Waals surface area contributed by atoms with E-state index in [1.54, 1.807) is 7.11 Å². The molecule has 0 aliphatic carbocycles. The molecule has 0 aliphatic rings. The van der Waals surface area contributed by atoms with Crippen LogP contribution < -0.4 is 10.5 Å². The molecular weight excluding hydrogens is 242 g/mol. The van der Waals surface area contributed by atoms with Crippen LogP contribution in [0.5, 0.6) is 5.75 Å². The van der Waals surface area contributed by atoms with Crippen molar-refractivity contribution in [2.24, 2.45) is 5.73 Å². The van der Waals surface area contributed by atoms with Gasteiger partial charge in [0.2, 0.25) is 0 Å². The van der Waals surface area contributed by atoms with E-state index in [1.165, 1.54) is 0 Å². The number of ether oxygens (including phenoxy) is 1. The second kappa shape index (κ2) is 6.95. The smallest absolute Gasteiger partial charge is 0.320 e. The molecular formula is C15H21NO3. The highest BCUT2D eigenvalue weighted by molar-refractivity contribution is 5.73. The summed E-state index contributed by atoms with van der Waals surface area (Å²) in [7, 11) is 1.66. The Bertz CT molecular complexity index is 481. The fourth-order valence-electron chi connectivity index (χ4n) is 1.82. The van der Waals surface area contributed by atoms with Crippen molar-refractivity contribution in [3.8, 4) is 5.75 Å². The molecule has 0 aliphatic heterocycles. The number of hydrogen-bond acceptors (Lipinski definition) is 3. The minimum atomic E-state index is -0.954.